The summed E-state index contributed by atoms with van der Waals surface area (Å²) in [6.07, 6.45) is 0.213. The predicted molar refractivity (Wildman–Crippen MR) is 61.7 cm³/mol. The van der Waals surface area contributed by atoms with Crippen molar-refractivity contribution in [1.29, 1.82) is 0 Å². The molecule has 1 aromatic rings. The molecule has 0 aliphatic carbocycles. The van der Waals surface area contributed by atoms with Crippen LogP contribution in [0.15, 0.2) is 18.2 Å². The molecule has 0 unspecified atom stereocenters. The minimum atomic E-state index is -3.18. The highest BCUT2D eigenvalue weighted by Crippen LogP contribution is 2.22. The largest absolute Gasteiger partial charge is 0.323 e. The van der Waals surface area contributed by atoms with Crippen molar-refractivity contribution < 1.29 is 22.0 Å². The van der Waals surface area contributed by atoms with E-state index >= 15 is 0 Å². The zero-order valence-corrected chi connectivity index (χ0v) is 10.1. The van der Waals surface area contributed by atoms with E-state index in [0.717, 1.165) is 18.2 Å². The van der Waals surface area contributed by atoms with Crippen LogP contribution in [0.1, 0.15) is 6.42 Å². The number of carbonyl (C=O) groups excluding carboxylic acids is 1. The fourth-order valence-electron chi connectivity index (χ4n) is 1.83. The van der Waals surface area contributed by atoms with Crippen molar-refractivity contribution in [2.24, 2.45) is 5.92 Å². The molecular weight excluding hydrogens is 264 g/mol. The Morgan fingerprint density at radius 2 is 2.06 bits per heavy atom. The maximum absolute atomic E-state index is 13.3. The normalized spacial score (nSPS) is 21.8. The summed E-state index contributed by atoms with van der Waals surface area (Å²) in [4.78, 5) is 11.7. The van der Waals surface area contributed by atoms with Gasteiger partial charge in [-0.05, 0) is 18.6 Å². The van der Waals surface area contributed by atoms with Gasteiger partial charge in [0.1, 0.15) is 11.6 Å². The lowest BCUT2D eigenvalue weighted by Crippen LogP contribution is -2.24. The van der Waals surface area contributed by atoms with Crippen LogP contribution >= 0.6 is 0 Å². The Kier molecular flexibility index (Phi) is 3.34. The number of benzene rings is 1. The Labute approximate surface area is 103 Å². The van der Waals surface area contributed by atoms with E-state index in [4.69, 9.17) is 0 Å². The summed E-state index contributed by atoms with van der Waals surface area (Å²) in [5, 5.41) is 2.21. The van der Waals surface area contributed by atoms with Crippen molar-refractivity contribution in [3.63, 3.8) is 0 Å². The fourth-order valence-corrected chi connectivity index (χ4v) is 3.57. The van der Waals surface area contributed by atoms with Gasteiger partial charge in [0.15, 0.2) is 9.84 Å². The molecule has 0 bridgehead atoms. The number of amides is 1. The van der Waals surface area contributed by atoms with Crippen LogP contribution in [-0.4, -0.2) is 25.8 Å². The fraction of sp³-hybridized carbons (Fsp3) is 0.364. The van der Waals surface area contributed by atoms with Crippen LogP contribution in [0.4, 0.5) is 14.5 Å². The first kappa shape index (κ1) is 12.9. The third kappa shape index (κ3) is 2.84. The van der Waals surface area contributed by atoms with Crippen LogP contribution in [0.2, 0.25) is 0 Å². The van der Waals surface area contributed by atoms with E-state index in [0.29, 0.717) is 0 Å². The van der Waals surface area contributed by atoms with Crippen molar-refractivity contribution >= 4 is 21.4 Å². The second-order valence-electron chi connectivity index (χ2n) is 4.21. The van der Waals surface area contributed by atoms with Crippen molar-refractivity contribution in [3.8, 4) is 0 Å². The Morgan fingerprint density at radius 1 is 1.33 bits per heavy atom. The van der Waals surface area contributed by atoms with E-state index in [1.165, 1.54) is 0 Å². The highest BCUT2D eigenvalue weighted by Gasteiger charge is 2.33. The van der Waals surface area contributed by atoms with Crippen LogP contribution < -0.4 is 5.32 Å². The molecule has 1 aromatic carbocycles. The number of nitrogens with one attached hydrogen (secondary N) is 1. The molecule has 18 heavy (non-hydrogen) atoms. The van der Waals surface area contributed by atoms with E-state index in [1.54, 1.807) is 0 Å². The van der Waals surface area contributed by atoms with Gasteiger partial charge in [-0.3, -0.25) is 4.79 Å². The lowest BCUT2D eigenvalue weighted by atomic mass is 10.1. The van der Waals surface area contributed by atoms with E-state index in [1.807, 2.05) is 0 Å². The van der Waals surface area contributed by atoms with Gasteiger partial charge in [-0.15, -0.1) is 0 Å². The van der Waals surface area contributed by atoms with Crippen LogP contribution in [0.3, 0.4) is 0 Å². The van der Waals surface area contributed by atoms with Gasteiger partial charge in [0.2, 0.25) is 5.91 Å². The van der Waals surface area contributed by atoms with Gasteiger partial charge in [0.25, 0.3) is 0 Å². The molecule has 1 saturated heterocycles. The SMILES string of the molecule is O=C(Nc1cc(F)ccc1F)[C@@H]1CCS(=O)(=O)C1. The molecule has 1 aliphatic rings. The summed E-state index contributed by atoms with van der Waals surface area (Å²) in [6.45, 7) is 0. The molecule has 1 aliphatic heterocycles. The lowest BCUT2D eigenvalue weighted by molar-refractivity contribution is -0.119. The molecule has 4 nitrogen and oxygen atoms in total. The second-order valence-corrected chi connectivity index (χ2v) is 6.44. The third-order valence-corrected chi connectivity index (χ3v) is 4.56. The van der Waals surface area contributed by atoms with Crippen molar-refractivity contribution in [1.82, 2.24) is 0 Å². The number of anilines is 1. The standard InChI is InChI=1S/C11H11F2NO3S/c12-8-1-2-9(13)10(5-8)14-11(15)7-3-4-18(16,17)6-7/h1-2,5,7H,3-4,6H2,(H,14,15)/t7-/m1/s1. The smallest absolute Gasteiger partial charge is 0.228 e. The van der Waals surface area contributed by atoms with E-state index in [-0.39, 0.29) is 23.6 Å². The molecule has 1 atom stereocenters. The highest BCUT2D eigenvalue weighted by atomic mass is 32.2. The average Bonchev–Trinajstić information content (AvgIpc) is 2.64. The van der Waals surface area contributed by atoms with Crippen molar-refractivity contribution in [3.05, 3.63) is 29.8 Å². The predicted octanol–water partition coefficient (Wildman–Crippen LogP) is 1.34. The van der Waals surface area contributed by atoms with Gasteiger partial charge in [-0.1, -0.05) is 0 Å². The molecular formula is C11H11F2NO3S. The van der Waals surface area contributed by atoms with E-state index in [9.17, 15) is 22.0 Å². The summed E-state index contributed by atoms with van der Waals surface area (Å²) in [5.74, 6) is -3.01. The maximum atomic E-state index is 13.3. The molecule has 0 radical (unpaired) electrons. The average molecular weight is 275 g/mol. The number of hydrogen-bond acceptors (Lipinski definition) is 3. The first-order chi connectivity index (χ1) is 8.37. The molecule has 0 saturated carbocycles. The quantitative estimate of drug-likeness (QED) is 0.886. The van der Waals surface area contributed by atoms with Gasteiger partial charge in [-0.2, -0.15) is 0 Å². The number of rotatable bonds is 2. The van der Waals surface area contributed by atoms with E-state index in [2.05, 4.69) is 5.32 Å². The van der Waals surface area contributed by atoms with Crippen LogP contribution in [0.5, 0.6) is 0 Å². The Bertz CT molecular complexity index is 586. The summed E-state index contributed by atoms with van der Waals surface area (Å²) in [6, 6.07) is 2.69. The monoisotopic (exact) mass is 275 g/mol. The molecule has 0 spiro atoms. The van der Waals surface area contributed by atoms with Gasteiger partial charge in [-0.25, -0.2) is 17.2 Å². The maximum Gasteiger partial charge on any atom is 0.228 e. The molecule has 0 aromatic heterocycles. The second kappa shape index (κ2) is 4.64. The van der Waals surface area contributed by atoms with Gasteiger partial charge in [0, 0.05) is 6.07 Å². The zero-order chi connectivity index (χ0) is 13.3. The first-order valence-corrected chi connectivity index (χ1v) is 7.16. The van der Waals surface area contributed by atoms with Crippen molar-refractivity contribution in [2.75, 3.05) is 16.8 Å². The summed E-state index contributed by atoms with van der Waals surface area (Å²) >= 11 is 0. The molecule has 1 amide bonds. The Balaban J connectivity index is 2.10. The van der Waals surface area contributed by atoms with Crippen LogP contribution in [0, 0.1) is 17.6 Å². The third-order valence-electron chi connectivity index (χ3n) is 2.79. The summed E-state index contributed by atoms with van der Waals surface area (Å²) in [5.41, 5.74) is -0.274. The number of sulfone groups is 1. The highest BCUT2D eigenvalue weighted by molar-refractivity contribution is 7.91. The van der Waals surface area contributed by atoms with Gasteiger partial charge < -0.3 is 5.32 Å². The zero-order valence-electron chi connectivity index (χ0n) is 9.32. The first-order valence-electron chi connectivity index (χ1n) is 5.34. The molecule has 1 N–H and O–H groups in total. The number of hydrogen-bond donors (Lipinski definition) is 1. The Hall–Kier alpha value is -1.50. The molecule has 7 heteroatoms. The molecule has 1 heterocycles. The molecule has 2 rings (SSSR count). The lowest BCUT2D eigenvalue weighted by Gasteiger charge is -2.10. The van der Waals surface area contributed by atoms with Crippen molar-refractivity contribution in [2.45, 2.75) is 6.42 Å². The summed E-state index contributed by atoms with van der Waals surface area (Å²) < 4.78 is 48.6. The van der Waals surface area contributed by atoms with Crippen LogP contribution in [0.25, 0.3) is 0 Å². The summed E-state index contributed by atoms with van der Waals surface area (Å²) in [7, 11) is -3.18. The number of carbonyl (C=O) groups is 1. The Morgan fingerprint density at radius 3 is 2.67 bits per heavy atom. The van der Waals surface area contributed by atoms with E-state index < -0.39 is 33.3 Å². The van der Waals surface area contributed by atoms with Crippen LogP contribution in [-0.2, 0) is 14.6 Å². The van der Waals surface area contributed by atoms with Gasteiger partial charge in [0.05, 0.1) is 23.1 Å². The topological polar surface area (TPSA) is 63.2 Å². The molecule has 98 valence electrons. The van der Waals surface area contributed by atoms with Gasteiger partial charge >= 0.3 is 0 Å². The minimum absolute atomic E-state index is 0.0449. The molecule has 1 fully saturated rings. The number of halogens is 2. The minimum Gasteiger partial charge on any atom is -0.323 e.